The van der Waals surface area contributed by atoms with Crippen molar-refractivity contribution in [3.63, 3.8) is 0 Å². The van der Waals surface area contributed by atoms with Gasteiger partial charge in [0.2, 0.25) is 5.95 Å². The van der Waals surface area contributed by atoms with E-state index in [2.05, 4.69) is 20.6 Å². The molecule has 2 aromatic rings. The molecule has 1 fully saturated rings. The van der Waals surface area contributed by atoms with Crippen LogP contribution in [0, 0.1) is 0 Å². The number of hydrogen-bond donors (Lipinski definition) is 2. The van der Waals surface area contributed by atoms with Crippen molar-refractivity contribution in [2.45, 2.75) is 25.4 Å². The number of anilines is 1. The lowest BCUT2D eigenvalue weighted by Gasteiger charge is -2.11. The number of nitrogens with zero attached hydrogens (tertiary/aromatic N) is 2. The fourth-order valence-corrected chi connectivity index (χ4v) is 2.64. The molecule has 1 atom stereocenters. The zero-order chi connectivity index (χ0) is 16.6. The molecule has 6 heteroatoms. The quantitative estimate of drug-likeness (QED) is 0.814. The molecule has 2 N–H and O–H groups in total. The average molecular weight is 326 g/mol. The van der Waals surface area contributed by atoms with Crippen LogP contribution in [0.1, 0.15) is 28.9 Å². The Hall–Kier alpha value is -2.47. The Kier molecular flexibility index (Phi) is 5.74. The van der Waals surface area contributed by atoms with Gasteiger partial charge in [-0.1, -0.05) is 30.3 Å². The predicted molar refractivity (Wildman–Crippen MR) is 92.0 cm³/mol. The molecule has 24 heavy (non-hydrogen) atoms. The number of nitrogens with one attached hydrogen (secondary N) is 2. The topological polar surface area (TPSA) is 76.1 Å². The Morgan fingerprint density at radius 1 is 1.25 bits per heavy atom. The van der Waals surface area contributed by atoms with Crippen molar-refractivity contribution >= 4 is 11.9 Å². The Morgan fingerprint density at radius 3 is 2.92 bits per heavy atom. The largest absolute Gasteiger partial charge is 0.376 e. The number of carbonyl (C=O) groups excluding carboxylic acids is 1. The van der Waals surface area contributed by atoms with Crippen LogP contribution >= 0.6 is 0 Å². The molecule has 1 amide bonds. The molecule has 1 aromatic carbocycles. The predicted octanol–water partition coefficient (Wildman–Crippen LogP) is 2.04. The number of carbonyl (C=O) groups is 1. The van der Waals surface area contributed by atoms with Gasteiger partial charge in [-0.05, 0) is 30.9 Å². The van der Waals surface area contributed by atoms with Crippen LogP contribution in [0.3, 0.4) is 0 Å². The van der Waals surface area contributed by atoms with Gasteiger partial charge in [-0.15, -0.1) is 0 Å². The van der Waals surface area contributed by atoms with Crippen LogP contribution in [0.5, 0.6) is 0 Å². The van der Waals surface area contributed by atoms with E-state index in [0.29, 0.717) is 24.7 Å². The summed E-state index contributed by atoms with van der Waals surface area (Å²) in [5, 5.41) is 6.03. The molecule has 0 saturated carbocycles. The molecule has 1 saturated heterocycles. The minimum Gasteiger partial charge on any atom is -0.376 e. The lowest BCUT2D eigenvalue weighted by molar-refractivity contribution is 0.0949. The molecule has 3 rings (SSSR count). The van der Waals surface area contributed by atoms with Crippen molar-refractivity contribution in [1.29, 1.82) is 0 Å². The Morgan fingerprint density at radius 2 is 2.12 bits per heavy atom. The van der Waals surface area contributed by atoms with Crippen LogP contribution in [-0.2, 0) is 11.2 Å². The van der Waals surface area contributed by atoms with E-state index in [4.69, 9.17) is 4.74 Å². The van der Waals surface area contributed by atoms with Crippen LogP contribution in [0.2, 0.25) is 0 Å². The number of rotatable bonds is 7. The summed E-state index contributed by atoms with van der Waals surface area (Å²) in [4.78, 5) is 20.6. The summed E-state index contributed by atoms with van der Waals surface area (Å²) in [6.07, 6.45) is 4.74. The molecular weight excluding hydrogens is 304 g/mol. The molecule has 1 aliphatic heterocycles. The molecule has 2 heterocycles. The van der Waals surface area contributed by atoms with Crippen molar-refractivity contribution in [3.05, 3.63) is 53.9 Å². The molecule has 126 valence electrons. The van der Waals surface area contributed by atoms with E-state index in [1.165, 1.54) is 5.56 Å². The molecule has 1 unspecified atom stereocenters. The maximum absolute atomic E-state index is 12.2. The van der Waals surface area contributed by atoms with Crippen molar-refractivity contribution in [2.24, 2.45) is 0 Å². The number of benzene rings is 1. The van der Waals surface area contributed by atoms with Crippen molar-refractivity contribution in [3.8, 4) is 0 Å². The van der Waals surface area contributed by atoms with Crippen LogP contribution in [0.4, 0.5) is 5.95 Å². The molecule has 0 aliphatic carbocycles. The van der Waals surface area contributed by atoms with Gasteiger partial charge in [0, 0.05) is 25.9 Å². The minimum absolute atomic E-state index is 0.187. The van der Waals surface area contributed by atoms with Gasteiger partial charge in [-0.25, -0.2) is 9.97 Å². The van der Waals surface area contributed by atoms with E-state index in [1.807, 2.05) is 30.3 Å². The summed E-state index contributed by atoms with van der Waals surface area (Å²) < 4.78 is 5.55. The summed E-state index contributed by atoms with van der Waals surface area (Å²) in [5.41, 5.74) is 1.56. The van der Waals surface area contributed by atoms with Crippen LogP contribution in [-0.4, -0.2) is 41.7 Å². The van der Waals surface area contributed by atoms with Crippen LogP contribution < -0.4 is 10.6 Å². The van der Waals surface area contributed by atoms with E-state index in [1.54, 1.807) is 12.3 Å². The first-order chi connectivity index (χ1) is 11.8. The monoisotopic (exact) mass is 326 g/mol. The summed E-state index contributed by atoms with van der Waals surface area (Å²) in [6, 6.07) is 11.7. The van der Waals surface area contributed by atoms with Crippen LogP contribution in [0.15, 0.2) is 42.6 Å². The van der Waals surface area contributed by atoms with Gasteiger partial charge in [-0.2, -0.15) is 0 Å². The van der Waals surface area contributed by atoms with Crippen molar-refractivity contribution < 1.29 is 9.53 Å². The summed E-state index contributed by atoms with van der Waals surface area (Å²) in [7, 11) is 0. The first-order valence-electron chi connectivity index (χ1n) is 8.32. The standard InChI is InChI=1S/C18H22N4O2/c23-17(19-10-8-14-5-2-1-3-6-14)16-9-11-20-18(22-16)21-13-15-7-4-12-24-15/h1-3,5-6,9,11,15H,4,7-8,10,12-13H2,(H,19,23)(H,20,21,22). The lowest BCUT2D eigenvalue weighted by atomic mass is 10.1. The molecule has 1 aliphatic rings. The Balaban J connectivity index is 1.48. The van der Waals surface area contributed by atoms with Crippen molar-refractivity contribution in [2.75, 3.05) is 25.0 Å². The zero-order valence-corrected chi connectivity index (χ0v) is 13.6. The Labute approximate surface area is 141 Å². The number of aromatic nitrogens is 2. The van der Waals surface area contributed by atoms with E-state index < -0.39 is 0 Å². The molecule has 0 spiro atoms. The number of amides is 1. The average Bonchev–Trinajstić information content (AvgIpc) is 3.15. The van der Waals surface area contributed by atoms with Gasteiger partial charge in [0.25, 0.3) is 5.91 Å². The highest BCUT2D eigenvalue weighted by atomic mass is 16.5. The molecule has 1 aromatic heterocycles. The molecule has 0 bridgehead atoms. The summed E-state index contributed by atoms with van der Waals surface area (Å²) in [5.74, 6) is 0.273. The second kappa shape index (κ2) is 8.40. The van der Waals surface area contributed by atoms with Gasteiger partial charge in [-0.3, -0.25) is 4.79 Å². The summed E-state index contributed by atoms with van der Waals surface area (Å²) >= 11 is 0. The van der Waals surface area contributed by atoms with E-state index >= 15 is 0 Å². The lowest BCUT2D eigenvalue weighted by Crippen LogP contribution is -2.27. The third kappa shape index (κ3) is 4.76. The fraction of sp³-hybridized carbons (Fsp3) is 0.389. The van der Waals surface area contributed by atoms with Crippen LogP contribution in [0.25, 0.3) is 0 Å². The van der Waals surface area contributed by atoms with Gasteiger partial charge < -0.3 is 15.4 Å². The van der Waals surface area contributed by atoms with E-state index in [0.717, 1.165) is 25.9 Å². The maximum atomic E-state index is 12.2. The number of ether oxygens (including phenoxy) is 1. The maximum Gasteiger partial charge on any atom is 0.270 e. The third-order valence-corrected chi connectivity index (χ3v) is 3.94. The highest BCUT2D eigenvalue weighted by Gasteiger charge is 2.15. The summed E-state index contributed by atoms with van der Waals surface area (Å²) in [6.45, 7) is 2.06. The second-order valence-electron chi connectivity index (χ2n) is 5.77. The third-order valence-electron chi connectivity index (χ3n) is 3.94. The number of hydrogen-bond acceptors (Lipinski definition) is 5. The highest BCUT2D eigenvalue weighted by molar-refractivity contribution is 5.92. The van der Waals surface area contributed by atoms with E-state index in [9.17, 15) is 4.79 Å². The molecule has 6 nitrogen and oxygen atoms in total. The normalized spacial score (nSPS) is 16.8. The van der Waals surface area contributed by atoms with Gasteiger partial charge in [0.1, 0.15) is 5.69 Å². The SMILES string of the molecule is O=C(NCCc1ccccc1)c1ccnc(NCC2CCCO2)n1. The minimum atomic E-state index is -0.187. The van der Waals surface area contributed by atoms with Gasteiger partial charge >= 0.3 is 0 Å². The van der Waals surface area contributed by atoms with Gasteiger partial charge in [0.05, 0.1) is 6.10 Å². The second-order valence-corrected chi connectivity index (χ2v) is 5.77. The highest BCUT2D eigenvalue weighted by Crippen LogP contribution is 2.12. The van der Waals surface area contributed by atoms with E-state index in [-0.39, 0.29) is 12.0 Å². The zero-order valence-electron chi connectivity index (χ0n) is 13.6. The van der Waals surface area contributed by atoms with Gasteiger partial charge in [0.15, 0.2) is 0 Å². The smallest absolute Gasteiger partial charge is 0.270 e. The fourth-order valence-electron chi connectivity index (χ4n) is 2.64. The Bertz CT molecular complexity index is 657. The first kappa shape index (κ1) is 16.4. The first-order valence-corrected chi connectivity index (χ1v) is 8.32. The molecule has 0 radical (unpaired) electrons. The van der Waals surface area contributed by atoms with Crippen molar-refractivity contribution in [1.82, 2.24) is 15.3 Å². The molecular formula is C18H22N4O2.